The van der Waals surface area contributed by atoms with Crippen LogP contribution in [0.5, 0.6) is 11.5 Å². The van der Waals surface area contributed by atoms with Gasteiger partial charge in [0.15, 0.2) is 5.43 Å². The molecule has 152 valence electrons. The van der Waals surface area contributed by atoms with Gasteiger partial charge in [-0.25, -0.2) is 0 Å². The lowest BCUT2D eigenvalue weighted by Crippen LogP contribution is -2.35. The van der Waals surface area contributed by atoms with E-state index in [-0.39, 0.29) is 46.5 Å². The van der Waals surface area contributed by atoms with Crippen LogP contribution in [0.25, 0.3) is 22.3 Å². The third kappa shape index (κ3) is 3.51. The van der Waals surface area contributed by atoms with Gasteiger partial charge in [-0.1, -0.05) is 19.1 Å². The van der Waals surface area contributed by atoms with Crippen molar-refractivity contribution in [1.82, 2.24) is 4.90 Å². The van der Waals surface area contributed by atoms with Crippen molar-refractivity contribution in [3.05, 3.63) is 55.8 Å². The molecule has 7 heteroatoms. The van der Waals surface area contributed by atoms with Crippen molar-refractivity contribution in [2.45, 2.75) is 25.3 Å². The van der Waals surface area contributed by atoms with Crippen LogP contribution in [-0.4, -0.2) is 46.0 Å². The van der Waals surface area contributed by atoms with Crippen molar-refractivity contribution in [1.29, 1.82) is 0 Å². The maximum absolute atomic E-state index is 12.9. The first-order valence-electron chi connectivity index (χ1n) is 9.58. The second-order valence-electron chi connectivity index (χ2n) is 7.29. The van der Waals surface area contributed by atoms with E-state index in [4.69, 9.17) is 4.42 Å². The third-order valence-electron chi connectivity index (χ3n) is 5.73. The van der Waals surface area contributed by atoms with Gasteiger partial charge < -0.3 is 19.7 Å². The van der Waals surface area contributed by atoms with Crippen LogP contribution in [0, 0.1) is 3.57 Å². The highest BCUT2D eigenvalue weighted by atomic mass is 127. The predicted octanol–water partition coefficient (Wildman–Crippen LogP) is 3.65. The first kappa shape index (κ1) is 20.2. The molecule has 0 amide bonds. The Morgan fingerprint density at radius 3 is 2.69 bits per heavy atom. The first-order valence-corrected chi connectivity index (χ1v) is 10.7. The Morgan fingerprint density at radius 1 is 1.21 bits per heavy atom. The molecule has 2 heterocycles. The second-order valence-corrected chi connectivity index (χ2v) is 8.54. The van der Waals surface area contributed by atoms with Crippen molar-refractivity contribution >= 4 is 33.6 Å². The van der Waals surface area contributed by atoms with Crippen LogP contribution in [0.4, 0.5) is 0 Å². The van der Waals surface area contributed by atoms with Crippen molar-refractivity contribution in [3.8, 4) is 22.8 Å². The van der Waals surface area contributed by atoms with Crippen LogP contribution in [0.15, 0.2) is 45.6 Å². The van der Waals surface area contributed by atoms with Gasteiger partial charge in [-0.15, -0.1) is 0 Å². The molecule has 1 fully saturated rings. The van der Waals surface area contributed by atoms with Crippen molar-refractivity contribution in [2.24, 2.45) is 0 Å². The zero-order valence-electron chi connectivity index (χ0n) is 15.9. The second kappa shape index (κ2) is 7.97. The normalized spacial score (nSPS) is 19.8. The first-order chi connectivity index (χ1) is 13.9. The van der Waals surface area contributed by atoms with E-state index in [1.807, 2.05) is 31.2 Å². The summed E-state index contributed by atoms with van der Waals surface area (Å²) in [4.78, 5) is 15.0. The number of phenols is 2. The highest BCUT2D eigenvalue weighted by molar-refractivity contribution is 14.1. The zero-order valence-corrected chi connectivity index (χ0v) is 18.1. The maximum atomic E-state index is 12.9. The van der Waals surface area contributed by atoms with Crippen LogP contribution in [0.1, 0.15) is 24.8 Å². The highest BCUT2D eigenvalue weighted by Crippen LogP contribution is 2.44. The molecule has 2 aromatic carbocycles. The van der Waals surface area contributed by atoms with Crippen LogP contribution < -0.4 is 5.43 Å². The van der Waals surface area contributed by atoms with Crippen LogP contribution >= 0.6 is 22.6 Å². The molecule has 29 heavy (non-hydrogen) atoms. The molecular weight excluding hydrogens is 485 g/mol. The number of aliphatic hydroxyl groups excluding tert-OH is 1. The molecule has 0 aliphatic carbocycles. The van der Waals surface area contributed by atoms with Crippen molar-refractivity contribution in [2.75, 3.05) is 19.7 Å². The molecule has 0 radical (unpaired) electrons. The van der Waals surface area contributed by atoms with E-state index < -0.39 is 0 Å². The number of fused-ring (bicyclic) bond motifs is 1. The van der Waals surface area contributed by atoms with E-state index >= 15 is 0 Å². The number of aromatic hydroxyl groups is 2. The van der Waals surface area contributed by atoms with Gasteiger partial charge in [0, 0.05) is 38.8 Å². The summed E-state index contributed by atoms with van der Waals surface area (Å²) in [5, 5.41) is 31.1. The fraction of sp³-hybridized carbons (Fsp3) is 0.318. The standard InChI is InChI=1S/C22H22INO5/c1-2-24-7-6-14(15(24)11-25)20-16(26)9-17(27)21-18(28)10-19(29-22(20)21)12-4-3-5-13(23)8-12/h3-5,8-10,14-15,25-27H,2,6-7,11H2,1H3. The average Bonchev–Trinajstić information content (AvgIpc) is 3.10. The molecule has 6 nitrogen and oxygen atoms in total. The quantitative estimate of drug-likeness (QED) is 0.467. The van der Waals surface area contributed by atoms with E-state index in [0.717, 1.165) is 22.2 Å². The molecule has 1 aliphatic rings. The molecule has 3 N–H and O–H groups in total. The number of nitrogens with zero attached hydrogens (tertiary/aromatic N) is 1. The fourth-order valence-corrected chi connectivity index (χ4v) is 4.90. The summed E-state index contributed by atoms with van der Waals surface area (Å²) in [6.45, 7) is 3.50. The van der Waals surface area contributed by atoms with Crippen LogP contribution in [-0.2, 0) is 0 Å². The number of hydrogen-bond donors (Lipinski definition) is 3. The highest BCUT2D eigenvalue weighted by Gasteiger charge is 2.37. The van der Waals surface area contributed by atoms with Crippen LogP contribution in [0.3, 0.4) is 0 Å². The topological polar surface area (TPSA) is 94.1 Å². The minimum absolute atomic E-state index is 0.0545. The summed E-state index contributed by atoms with van der Waals surface area (Å²) in [7, 11) is 0. The molecule has 0 spiro atoms. The Balaban J connectivity index is 1.98. The molecule has 2 atom stereocenters. The summed E-state index contributed by atoms with van der Waals surface area (Å²) in [6.07, 6.45) is 0.712. The molecule has 1 saturated heterocycles. The molecule has 4 rings (SSSR count). The Hall–Kier alpha value is -2.10. The van der Waals surface area contributed by atoms with Gasteiger partial charge in [-0.2, -0.15) is 0 Å². The number of hydrogen-bond acceptors (Lipinski definition) is 6. The summed E-state index contributed by atoms with van der Waals surface area (Å²) in [5.74, 6) is -0.273. The molecule has 0 bridgehead atoms. The van der Waals surface area contributed by atoms with Gasteiger partial charge in [0.1, 0.15) is 28.2 Å². The molecule has 2 unspecified atom stereocenters. The summed E-state index contributed by atoms with van der Waals surface area (Å²) >= 11 is 2.19. The smallest absolute Gasteiger partial charge is 0.197 e. The van der Waals surface area contributed by atoms with Crippen molar-refractivity contribution in [3.63, 3.8) is 0 Å². The van der Waals surface area contributed by atoms with Gasteiger partial charge in [-0.05, 0) is 54.2 Å². The fourth-order valence-electron chi connectivity index (χ4n) is 4.35. The van der Waals surface area contributed by atoms with Gasteiger partial charge in [-0.3, -0.25) is 9.69 Å². The molecular formula is C22H22INO5. The van der Waals surface area contributed by atoms with Crippen molar-refractivity contribution < 1.29 is 19.7 Å². The van der Waals surface area contributed by atoms with Gasteiger partial charge in [0.25, 0.3) is 0 Å². The lowest BCUT2D eigenvalue weighted by atomic mass is 9.89. The van der Waals surface area contributed by atoms with E-state index in [1.165, 1.54) is 12.1 Å². The monoisotopic (exact) mass is 507 g/mol. The Kier molecular flexibility index (Phi) is 5.54. The van der Waals surface area contributed by atoms with Crippen LogP contribution in [0.2, 0.25) is 0 Å². The minimum Gasteiger partial charge on any atom is -0.507 e. The summed E-state index contributed by atoms with van der Waals surface area (Å²) < 4.78 is 7.12. The Bertz CT molecular complexity index is 1130. The largest absolute Gasteiger partial charge is 0.507 e. The maximum Gasteiger partial charge on any atom is 0.197 e. The molecule has 1 aromatic heterocycles. The van der Waals surface area contributed by atoms with Gasteiger partial charge in [0.2, 0.25) is 0 Å². The zero-order chi connectivity index (χ0) is 20.7. The Labute approximate surface area is 181 Å². The van der Waals surface area contributed by atoms with E-state index in [9.17, 15) is 20.1 Å². The number of phenolic OH excluding ortho intramolecular Hbond substituents is 2. The average molecular weight is 507 g/mol. The van der Waals surface area contributed by atoms with E-state index in [1.54, 1.807) is 0 Å². The molecule has 0 saturated carbocycles. The van der Waals surface area contributed by atoms with E-state index in [0.29, 0.717) is 17.7 Å². The summed E-state index contributed by atoms with van der Waals surface area (Å²) in [5.41, 5.74) is 1.03. The number of rotatable bonds is 4. The number of halogens is 1. The number of likely N-dealkylation sites (N-methyl/N-ethyl adjacent to an activating group) is 1. The number of likely N-dealkylation sites (tertiary alicyclic amines) is 1. The Morgan fingerprint density at radius 2 is 2.00 bits per heavy atom. The third-order valence-corrected chi connectivity index (χ3v) is 6.40. The number of aliphatic hydroxyl groups is 1. The molecule has 1 aliphatic heterocycles. The lowest BCUT2D eigenvalue weighted by Gasteiger charge is -2.26. The van der Waals surface area contributed by atoms with E-state index in [2.05, 4.69) is 27.5 Å². The SMILES string of the molecule is CCN1CCC(c2c(O)cc(O)c3c(=O)cc(-c4cccc(I)c4)oc23)C1CO. The predicted molar refractivity (Wildman–Crippen MR) is 119 cm³/mol. The molecule has 3 aromatic rings. The van der Waals surface area contributed by atoms with Gasteiger partial charge in [0.05, 0.1) is 6.61 Å². The number of benzene rings is 2. The van der Waals surface area contributed by atoms with Gasteiger partial charge >= 0.3 is 0 Å². The summed E-state index contributed by atoms with van der Waals surface area (Å²) in [6, 6.07) is 9.94. The minimum atomic E-state index is -0.371. The lowest BCUT2D eigenvalue weighted by molar-refractivity contribution is 0.155.